The van der Waals surface area contributed by atoms with Crippen molar-refractivity contribution < 1.29 is 28.7 Å². The van der Waals surface area contributed by atoms with Crippen LogP contribution >= 0.6 is 11.6 Å². The van der Waals surface area contributed by atoms with Crippen molar-refractivity contribution in [3.8, 4) is 5.75 Å². The molecule has 1 aliphatic heterocycles. The van der Waals surface area contributed by atoms with E-state index in [0.29, 0.717) is 16.3 Å². The van der Waals surface area contributed by atoms with Gasteiger partial charge in [0.25, 0.3) is 11.8 Å². The minimum atomic E-state index is -0.893. The lowest BCUT2D eigenvalue weighted by Gasteiger charge is -2.26. The third kappa shape index (κ3) is 3.97. The molecule has 0 saturated carbocycles. The highest BCUT2D eigenvalue weighted by molar-refractivity contribution is 6.39. The average molecular weight is 415 g/mol. The lowest BCUT2D eigenvalue weighted by Crippen LogP contribution is -2.54. The maximum absolute atomic E-state index is 12.9. The van der Waals surface area contributed by atoms with Gasteiger partial charge in [-0.2, -0.15) is 0 Å². The Balaban J connectivity index is 1.95. The number of amides is 4. The van der Waals surface area contributed by atoms with Gasteiger partial charge in [-0.05, 0) is 48.0 Å². The molecule has 4 amide bonds. The van der Waals surface area contributed by atoms with Gasteiger partial charge in [0.15, 0.2) is 0 Å². The van der Waals surface area contributed by atoms with Crippen LogP contribution in [0.4, 0.5) is 10.5 Å². The summed E-state index contributed by atoms with van der Waals surface area (Å²) in [5.74, 6) is -1.75. The van der Waals surface area contributed by atoms with E-state index in [1.54, 1.807) is 12.1 Å². The van der Waals surface area contributed by atoms with Crippen LogP contribution in [0.25, 0.3) is 6.08 Å². The summed E-state index contributed by atoms with van der Waals surface area (Å²) in [6, 6.07) is 9.47. The smallest absolute Gasteiger partial charge is 0.337 e. The number of hydrogen-bond acceptors (Lipinski definition) is 6. The first-order chi connectivity index (χ1) is 13.8. The zero-order chi connectivity index (χ0) is 21.1. The average Bonchev–Trinajstić information content (AvgIpc) is 2.71. The fraction of sp³-hybridized carbons (Fsp3) is 0.100. The maximum Gasteiger partial charge on any atom is 0.337 e. The molecule has 0 spiro atoms. The van der Waals surface area contributed by atoms with Crippen molar-refractivity contribution in [2.45, 2.75) is 0 Å². The number of barbiturate groups is 1. The number of halogens is 1. The van der Waals surface area contributed by atoms with E-state index in [2.05, 4.69) is 10.1 Å². The third-order valence-electron chi connectivity index (χ3n) is 4.14. The monoisotopic (exact) mass is 414 g/mol. The van der Waals surface area contributed by atoms with Gasteiger partial charge in [0.1, 0.15) is 11.3 Å². The number of esters is 1. The topological polar surface area (TPSA) is 102 Å². The second-order valence-corrected chi connectivity index (χ2v) is 6.30. The highest BCUT2D eigenvalue weighted by atomic mass is 35.5. The number of benzene rings is 2. The van der Waals surface area contributed by atoms with Crippen LogP contribution in [-0.2, 0) is 14.3 Å². The Labute approximate surface area is 170 Å². The number of carbonyl (C=O) groups is 4. The van der Waals surface area contributed by atoms with Crippen molar-refractivity contribution in [2.75, 3.05) is 19.1 Å². The predicted octanol–water partition coefficient (Wildman–Crippen LogP) is 2.80. The molecule has 148 valence electrons. The quantitative estimate of drug-likeness (QED) is 0.469. The molecule has 8 nitrogen and oxygen atoms in total. The van der Waals surface area contributed by atoms with Crippen molar-refractivity contribution in [2.24, 2.45) is 0 Å². The fourth-order valence-corrected chi connectivity index (χ4v) is 2.96. The van der Waals surface area contributed by atoms with Gasteiger partial charge in [0.05, 0.1) is 30.5 Å². The van der Waals surface area contributed by atoms with Crippen molar-refractivity contribution in [1.82, 2.24) is 5.32 Å². The maximum atomic E-state index is 12.9. The molecule has 1 N–H and O–H groups in total. The first-order valence-corrected chi connectivity index (χ1v) is 8.67. The van der Waals surface area contributed by atoms with Gasteiger partial charge in [0, 0.05) is 0 Å². The molecular weight excluding hydrogens is 400 g/mol. The van der Waals surface area contributed by atoms with Crippen molar-refractivity contribution in [1.29, 1.82) is 0 Å². The van der Waals surface area contributed by atoms with Gasteiger partial charge in [-0.3, -0.25) is 14.9 Å². The van der Waals surface area contributed by atoms with E-state index in [4.69, 9.17) is 16.3 Å². The van der Waals surface area contributed by atoms with Crippen molar-refractivity contribution in [3.63, 3.8) is 0 Å². The zero-order valence-corrected chi connectivity index (χ0v) is 16.1. The Kier molecular flexibility index (Phi) is 5.65. The molecule has 2 aromatic rings. The Morgan fingerprint density at radius 2 is 1.76 bits per heavy atom. The molecule has 1 saturated heterocycles. The van der Waals surface area contributed by atoms with Crippen molar-refractivity contribution >= 4 is 47.2 Å². The second-order valence-electron chi connectivity index (χ2n) is 5.89. The number of anilines is 1. The van der Waals surface area contributed by atoms with E-state index in [1.807, 2.05) is 0 Å². The summed E-state index contributed by atoms with van der Waals surface area (Å²) in [5.41, 5.74) is 0.666. The standard InChI is InChI=1S/C20H15ClN2O6/c1-28-16-8-3-11(10-15(16)21)9-14-17(24)22-20(27)23(18(14)25)13-6-4-12(5-7-13)19(26)29-2/h3-10H,1-2H3,(H,22,24,27)/b14-9+. The SMILES string of the molecule is COC(=O)c1ccc(N2C(=O)NC(=O)/C(=C\c3ccc(OC)c(Cl)c3)C2=O)cc1. The van der Waals surface area contributed by atoms with Crippen LogP contribution in [0, 0.1) is 0 Å². The van der Waals surface area contributed by atoms with Gasteiger partial charge in [0.2, 0.25) is 0 Å². The first-order valence-electron chi connectivity index (χ1n) is 8.29. The number of methoxy groups -OCH3 is 2. The molecule has 9 heteroatoms. The number of urea groups is 1. The summed E-state index contributed by atoms with van der Waals surface area (Å²) in [6.07, 6.45) is 1.32. The number of rotatable bonds is 4. The number of carbonyl (C=O) groups excluding carboxylic acids is 4. The summed E-state index contributed by atoms with van der Waals surface area (Å²) >= 11 is 6.08. The summed E-state index contributed by atoms with van der Waals surface area (Å²) in [6.45, 7) is 0. The van der Waals surface area contributed by atoms with Gasteiger partial charge in [-0.25, -0.2) is 14.5 Å². The highest BCUT2D eigenvalue weighted by Gasteiger charge is 2.36. The lowest BCUT2D eigenvalue weighted by molar-refractivity contribution is -0.122. The number of ether oxygens (including phenoxy) is 2. The highest BCUT2D eigenvalue weighted by Crippen LogP contribution is 2.27. The summed E-state index contributed by atoms with van der Waals surface area (Å²) in [4.78, 5) is 49.7. The molecule has 1 fully saturated rings. The van der Waals surface area contributed by atoms with Crippen molar-refractivity contribution in [3.05, 3.63) is 64.2 Å². The van der Waals surface area contributed by atoms with Gasteiger partial charge < -0.3 is 9.47 Å². The van der Waals surface area contributed by atoms with Gasteiger partial charge in [-0.15, -0.1) is 0 Å². The molecule has 0 radical (unpaired) electrons. The number of imide groups is 2. The summed E-state index contributed by atoms with van der Waals surface area (Å²) in [7, 11) is 2.71. The Bertz CT molecular complexity index is 1050. The molecule has 0 atom stereocenters. The Morgan fingerprint density at radius 1 is 1.07 bits per heavy atom. The van der Waals surface area contributed by atoms with Crippen LogP contribution < -0.4 is 15.0 Å². The molecule has 1 heterocycles. The van der Waals surface area contributed by atoms with E-state index >= 15 is 0 Å². The number of nitrogens with one attached hydrogen (secondary N) is 1. The molecule has 1 aliphatic rings. The van der Waals surface area contributed by atoms with E-state index in [9.17, 15) is 19.2 Å². The molecule has 3 rings (SSSR count). The van der Waals surface area contributed by atoms with E-state index in [0.717, 1.165) is 4.90 Å². The second kappa shape index (κ2) is 8.15. The van der Waals surface area contributed by atoms with Crippen LogP contribution in [0.15, 0.2) is 48.0 Å². The lowest BCUT2D eigenvalue weighted by atomic mass is 10.1. The molecule has 2 aromatic carbocycles. The van der Waals surface area contributed by atoms with Crippen LogP contribution in [0.2, 0.25) is 5.02 Å². The van der Waals surface area contributed by atoms with E-state index in [-0.39, 0.29) is 16.8 Å². The van der Waals surface area contributed by atoms with Crippen LogP contribution in [0.3, 0.4) is 0 Å². The minimum Gasteiger partial charge on any atom is -0.495 e. The predicted molar refractivity (Wildman–Crippen MR) is 105 cm³/mol. The van der Waals surface area contributed by atoms with E-state index < -0.39 is 23.8 Å². The summed E-state index contributed by atoms with van der Waals surface area (Å²) in [5, 5.41) is 2.43. The molecule has 0 unspecified atom stereocenters. The molecule has 0 aliphatic carbocycles. The molecule has 0 aromatic heterocycles. The van der Waals surface area contributed by atoms with Gasteiger partial charge in [-0.1, -0.05) is 17.7 Å². The number of hydrogen-bond donors (Lipinski definition) is 1. The molecular formula is C20H15ClN2O6. The molecule has 29 heavy (non-hydrogen) atoms. The van der Waals surface area contributed by atoms with Crippen LogP contribution in [0.5, 0.6) is 5.75 Å². The first kappa shape index (κ1) is 20.1. The minimum absolute atomic E-state index is 0.186. The molecule has 0 bridgehead atoms. The van der Waals surface area contributed by atoms with Crippen LogP contribution in [0.1, 0.15) is 15.9 Å². The normalized spacial score (nSPS) is 15.3. The Morgan fingerprint density at radius 3 is 2.34 bits per heavy atom. The fourth-order valence-electron chi connectivity index (χ4n) is 2.70. The van der Waals surface area contributed by atoms with Crippen LogP contribution in [-0.4, -0.2) is 38.0 Å². The zero-order valence-electron chi connectivity index (χ0n) is 15.4. The Hall–Kier alpha value is -3.65. The largest absolute Gasteiger partial charge is 0.495 e. The van der Waals surface area contributed by atoms with Gasteiger partial charge >= 0.3 is 12.0 Å². The third-order valence-corrected chi connectivity index (χ3v) is 4.43. The number of nitrogens with zero attached hydrogens (tertiary/aromatic N) is 1. The summed E-state index contributed by atoms with van der Waals surface area (Å²) < 4.78 is 9.69. The van der Waals surface area contributed by atoms with E-state index in [1.165, 1.54) is 50.6 Å².